The summed E-state index contributed by atoms with van der Waals surface area (Å²) in [5.41, 5.74) is 2.39. The molecule has 1 fully saturated rings. The molecule has 1 aliphatic rings. The minimum Gasteiger partial charge on any atom is -0.210 e. The Labute approximate surface area is 152 Å². The van der Waals surface area contributed by atoms with Crippen molar-refractivity contribution >= 4 is 0 Å². The molecule has 1 aliphatic carbocycles. The van der Waals surface area contributed by atoms with Gasteiger partial charge in [-0.05, 0) is 54.7 Å². The number of halogens is 4. The van der Waals surface area contributed by atoms with E-state index in [1.807, 2.05) is 19.1 Å². The third-order valence-corrected chi connectivity index (χ3v) is 5.50. The predicted octanol–water partition coefficient (Wildman–Crippen LogP) is 7.12. The Balaban J connectivity index is 1.75. The van der Waals surface area contributed by atoms with Gasteiger partial charge < -0.3 is 0 Å². The number of benzene rings is 2. The lowest BCUT2D eigenvalue weighted by Crippen LogP contribution is -2.19. The first-order valence-corrected chi connectivity index (χ1v) is 9.36. The van der Waals surface area contributed by atoms with E-state index in [-0.39, 0.29) is 11.5 Å². The maximum absolute atomic E-state index is 14.4. The minimum absolute atomic E-state index is 0.260. The molecule has 0 aromatic heterocycles. The van der Waals surface area contributed by atoms with Crippen LogP contribution in [0.5, 0.6) is 0 Å². The molecule has 0 N–H and O–H groups in total. The van der Waals surface area contributed by atoms with Crippen molar-refractivity contribution in [3.8, 4) is 11.1 Å². The van der Waals surface area contributed by atoms with Crippen molar-refractivity contribution in [2.24, 2.45) is 5.92 Å². The van der Waals surface area contributed by atoms with Crippen LogP contribution in [0.25, 0.3) is 11.1 Å². The fourth-order valence-electron chi connectivity index (χ4n) is 3.91. The van der Waals surface area contributed by atoms with Crippen LogP contribution in [-0.4, -0.2) is 6.43 Å². The monoisotopic (exact) mass is 364 g/mol. The molecule has 0 saturated heterocycles. The van der Waals surface area contributed by atoms with Crippen molar-refractivity contribution < 1.29 is 17.6 Å². The molecule has 0 heterocycles. The summed E-state index contributed by atoms with van der Waals surface area (Å²) in [7, 11) is 0. The summed E-state index contributed by atoms with van der Waals surface area (Å²) < 4.78 is 54.1. The molecule has 0 unspecified atom stereocenters. The van der Waals surface area contributed by atoms with E-state index >= 15 is 0 Å². The second kappa shape index (κ2) is 8.24. The van der Waals surface area contributed by atoms with E-state index < -0.39 is 24.0 Å². The largest absolute Gasteiger partial charge is 0.241 e. The zero-order chi connectivity index (χ0) is 18.7. The average Bonchev–Trinajstić information content (AvgIpc) is 2.66. The maximum Gasteiger partial charge on any atom is 0.241 e. The number of rotatable bonds is 5. The van der Waals surface area contributed by atoms with E-state index in [1.165, 1.54) is 0 Å². The zero-order valence-electron chi connectivity index (χ0n) is 15.0. The third kappa shape index (κ3) is 3.94. The molecular weight excluding hydrogens is 340 g/mol. The number of hydrogen-bond donors (Lipinski definition) is 0. The summed E-state index contributed by atoms with van der Waals surface area (Å²) >= 11 is 0. The molecule has 3 rings (SSSR count). The van der Waals surface area contributed by atoms with E-state index in [0.29, 0.717) is 30.4 Å². The van der Waals surface area contributed by atoms with E-state index in [4.69, 9.17) is 0 Å². The quantitative estimate of drug-likeness (QED) is 0.495. The fraction of sp³-hybridized carbons (Fsp3) is 0.455. The normalized spacial score (nSPS) is 20.5. The molecule has 0 atom stereocenters. The Morgan fingerprint density at radius 2 is 1.54 bits per heavy atom. The van der Waals surface area contributed by atoms with Crippen LogP contribution in [0.15, 0.2) is 36.4 Å². The molecule has 2 aromatic carbocycles. The first kappa shape index (κ1) is 18.9. The maximum atomic E-state index is 14.4. The molecule has 140 valence electrons. The Morgan fingerprint density at radius 1 is 0.885 bits per heavy atom. The predicted molar refractivity (Wildman–Crippen MR) is 96.5 cm³/mol. The first-order valence-electron chi connectivity index (χ1n) is 9.36. The van der Waals surface area contributed by atoms with Crippen LogP contribution in [0, 0.1) is 17.6 Å². The summed E-state index contributed by atoms with van der Waals surface area (Å²) in [5.74, 6) is -1.78. The van der Waals surface area contributed by atoms with Gasteiger partial charge in [0.2, 0.25) is 6.43 Å². The van der Waals surface area contributed by atoms with Crippen LogP contribution in [0.1, 0.15) is 56.1 Å². The molecule has 2 aromatic rings. The Kier molecular flexibility index (Phi) is 6.00. The van der Waals surface area contributed by atoms with Gasteiger partial charge in [-0.3, -0.25) is 0 Å². The summed E-state index contributed by atoms with van der Waals surface area (Å²) in [6.07, 6.45) is 1.64. The van der Waals surface area contributed by atoms with Crippen LogP contribution in [-0.2, 0) is 6.42 Å². The summed E-state index contributed by atoms with van der Waals surface area (Å²) in [6, 6.07) is 10.7. The minimum atomic E-state index is -2.23. The van der Waals surface area contributed by atoms with Gasteiger partial charge in [-0.1, -0.05) is 49.7 Å². The van der Waals surface area contributed by atoms with Crippen LogP contribution in [0.4, 0.5) is 17.6 Å². The van der Waals surface area contributed by atoms with Crippen LogP contribution >= 0.6 is 0 Å². The van der Waals surface area contributed by atoms with Gasteiger partial charge in [0, 0.05) is 11.5 Å². The van der Waals surface area contributed by atoms with Gasteiger partial charge in [-0.25, -0.2) is 17.6 Å². The van der Waals surface area contributed by atoms with Gasteiger partial charge in [0.25, 0.3) is 0 Å². The molecule has 0 nitrogen and oxygen atoms in total. The van der Waals surface area contributed by atoms with Gasteiger partial charge in [0.05, 0.1) is 0 Å². The first-order chi connectivity index (χ1) is 12.5. The second-order valence-corrected chi connectivity index (χ2v) is 7.22. The average molecular weight is 364 g/mol. The van der Waals surface area contributed by atoms with Crippen LogP contribution in [0.2, 0.25) is 0 Å². The highest BCUT2D eigenvalue weighted by molar-refractivity contribution is 5.65. The Hall–Kier alpha value is -1.84. The van der Waals surface area contributed by atoms with Gasteiger partial charge in [-0.15, -0.1) is 0 Å². The molecule has 0 radical (unpaired) electrons. The van der Waals surface area contributed by atoms with Crippen molar-refractivity contribution in [1.82, 2.24) is 0 Å². The molecule has 26 heavy (non-hydrogen) atoms. The van der Waals surface area contributed by atoms with E-state index in [1.54, 1.807) is 24.3 Å². The second-order valence-electron chi connectivity index (χ2n) is 7.22. The van der Waals surface area contributed by atoms with E-state index in [9.17, 15) is 17.6 Å². The number of hydrogen-bond acceptors (Lipinski definition) is 0. The molecule has 1 saturated carbocycles. The Morgan fingerprint density at radius 3 is 2.12 bits per heavy atom. The highest BCUT2D eigenvalue weighted by Gasteiger charge is 2.28. The zero-order valence-corrected chi connectivity index (χ0v) is 15.0. The molecule has 0 aliphatic heterocycles. The Bertz CT molecular complexity index is 729. The standard InChI is InChI=1S/C22H24F4/c1-2-3-17-12-13-19(21(24)20(17)23)16-8-4-14(5-9-16)15-6-10-18(11-7-15)22(25)26/h4-5,8-9,12-13,15,18,22H,2-3,6-7,10-11H2,1H3/t15-,18-. The van der Waals surface area contributed by atoms with Crippen molar-refractivity contribution in [2.45, 2.75) is 57.8 Å². The molecule has 4 heteroatoms. The van der Waals surface area contributed by atoms with Crippen molar-refractivity contribution in [3.63, 3.8) is 0 Å². The van der Waals surface area contributed by atoms with Crippen LogP contribution in [0.3, 0.4) is 0 Å². The highest BCUT2D eigenvalue weighted by atomic mass is 19.3. The van der Waals surface area contributed by atoms with Gasteiger partial charge in [0.1, 0.15) is 0 Å². The van der Waals surface area contributed by atoms with Gasteiger partial charge >= 0.3 is 0 Å². The SMILES string of the molecule is CCCc1ccc(-c2ccc([C@H]3CC[C@H](C(F)F)CC3)cc2)c(F)c1F. The lowest BCUT2D eigenvalue weighted by atomic mass is 9.78. The molecule has 0 spiro atoms. The smallest absolute Gasteiger partial charge is 0.210 e. The fourth-order valence-corrected chi connectivity index (χ4v) is 3.91. The number of alkyl halides is 2. The van der Waals surface area contributed by atoms with Crippen LogP contribution < -0.4 is 0 Å². The number of aryl methyl sites for hydroxylation is 1. The topological polar surface area (TPSA) is 0 Å². The lowest BCUT2D eigenvalue weighted by molar-refractivity contribution is 0.0528. The summed E-state index contributed by atoms with van der Waals surface area (Å²) in [6.45, 7) is 1.93. The van der Waals surface area contributed by atoms with E-state index in [2.05, 4.69) is 0 Å². The van der Waals surface area contributed by atoms with E-state index in [0.717, 1.165) is 24.8 Å². The summed E-state index contributed by atoms with van der Waals surface area (Å²) in [5, 5.41) is 0. The molecule has 0 amide bonds. The van der Waals surface area contributed by atoms with Crippen molar-refractivity contribution in [2.75, 3.05) is 0 Å². The molecular formula is C22H24F4. The van der Waals surface area contributed by atoms with Gasteiger partial charge in [-0.2, -0.15) is 0 Å². The van der Waals surface area contributed by atoms with Gasteiger partial charge in [0.15, 0.2) is 11.6 Å². The molecule has 0 bridgehead atoms. The lowest BCUT2D eigenvalue weighted by Gasteiger charge is -2.28. The summed E-state index contributed by atoms with van der Waals surface area (Å²) in [4.78, 5) is 0. The third-order valence-electron chi connectivity index (χ3n) is 5.50. The van der Waals surface area contributed by atoms with Crippen molar-refractivity contribution in [3.05, 3.63) is 59.2 Å². The highest BCUT2D eigenvalue weighted by Crippen LogP contribution is 2.38. The van der Waals surface area contributed by atoms with Crippen molar-refractivity contribution in [1.29, 1.82) is 0 Å².